The van der Waals surface area contributed by atoms with Crippen LogP contribution >= 0.6 is 0 Å². The fourth-order valence-corrected chi connectivity index (χ4v) is 2.83. The Balaban J connectivity index is 1.67. The van der Waals surface area contributed by atoms with Crippen LogP contribution in [0.4, 0.5) is 0 Å². The lowest BCUT2D eigenvalue weighted by atomic mass is 10.2. The highest BCUT2D eigenvalue weighted by Crippen LogP contribution is 2.37. The monoisotopic (exact) mass is 259 g/mol. The van der Waals surface area contributed by atoms with Gasteiger partial charge in [-0.25, -0.2) is 4.90 Å². The maximum absolute atomic E-state index is 9.78. The van der Waals surface area contributed by atoms with Gasteiger partial charge in [-0.1, -0.05) is 0 Å². The van der Waals surface area contributed by atoms with E-state index in [0.29, 0.717) is 6.42 Å². The molecule has 18 heavy (non-hydrogen) atoms. The lowest BCUT2D eigenvalue weighted by Gasteiger charge is -2.26. The Morgan fingerprint density at radius 3 is 2.78 bits per heavy atom. The summed E-state index contributed by atoms with van der Waals surface area (Å²) in [5.74, 6) is 0. The van der Waals surface area contributed by atoms with Gasteiger partial charge < -0.3 is 25.4 Å². The first-order chi connectivity index (χ1) is 8.61. The van der Waals surface area contributed by atoms with Crippen molar-refractivity contribution >= 4 is 0 Å². The van der Waals surface area contributed by atoms with Gasteiger partial charge in [0.1, 0.15) is 12.3 Å². The van der Waals surface area contributed by atoms with E-state index in [2.05, 4.69) is 4.90 Å². The van der Waals surface area contributed by atoms with Crippen molar-refractivity contribution in [2.24, 2.45) is 5.73 Å². The van der Waals surface area contributed by atoms with E-state index >= 15 is 0 Å². The first-order valence-corrected chi connectivity index (χ1v) is 6.45. The minimum Gasteiger partial charge on any atom is -0.394 e. The molecule has 0 radical (unpaired) electrons. The number of ether oxygens (including phenoxy) is 2. The molecule has 0 amide bonds. The predicted molar refractivity (Wildman–Crippen MR) is 62.1 cm³/mol. The zero-order chi connectivity index (χ0) is 12.9. The van der Waals surface area contributed by atoms with Crippen LogP contribution < -0.4 is 5.73 Å². The molecule has 0 spiro atoms. The fraction of sp³-hybridized carbons (Fsp3) is 1.00. The zero-order valence-corrected chi connectivity index (χ0v) is 10.5. The van der Waals surface area contributed by atoms with E-state index < -0.39 is 12.2 Å². The van der Waals surface area contributed by atoms with Crippen LogP contribution in [-0.2, 0) is 9.47 Å². The molecule has 0 aliphatic carbocycles. The third-order valence-electron chi connectivity index (χ3n) is 4.13. The third-order valence-corrected chi connectivity index (χ3v) is 4.13. The molecule has 3 heterocycles. The molecule has 3 aliphatic heterocycles. The molecule has 6 unspecified atom stereocenters. The number of rotatable bonds is 2. The highest BCUT2D eigenvalue weighted by molar-refractivity contribution is 4.93. The van der Waals surface area contributed by atoms with Gasteiger partial charge in [-0.3, -0.25) is 4.90 Å². The van der Waals surface area contributed by atoms with Crippen LogP contribution in [0.25, 0.3) is 0 Å². The summed E-state index contributed by atoms with van der Waals surface area (Å²) in [5.41, 5.74) is 6.03. The van der Waals surface area contributed by atoms with Crippen molar-refractivity contribution in [3.63, 3.8) is 0 Å². The fourth-order valence-electron chi connectivity index (χ4n) is 2.83. The van der Waals surface area contributed by atoms with Crippen LogP contribution in [0.2, 0.25) is 0 Å². The van der Waals surface area contributed by atoms with Gasteiger partial charge >= 0.3 is 0 Å². The van der Waals surface area contributed by atoms with Gasteiger partial charge in [-0.2, -0.15) is 0 Å². The lowest BCUT2D eigenvalue weighted by Crippen LogP contribution is -2.40. The zero-order valence-electron chi connectivity index (χ0n) is 10.5. The average molecular weight is 259 g/mol. The second kappa shape index (κ2) is 4.68. The molecule has 3 aliphatic rings. The van der Waals surface area contributed by atoms with Crippen LogP contribution in [0.5, 0.6) is 0 Å². The summed E-state index contributed by atoms with van der Waals surface area (Å²) in [6.07, 6.45) is 0.0859. The van der Waals surface area contributed by atoms with Gasteiger partial charge in [0.25, 0.3) is 0 Å². The van der Waals surface area contributed by atoms with Crippen LogP contribution in [-0.4, -0.2) is 77.3 Å². The number of nitrogens with zero attached hydrogens (tertiary/aromatic N) is 2. The summed E-state index contributed by atoms with van der Waals surface area (Å²) in [5, 5.41) is 18.9. The first-order valence-electron chi connectivity index (χ1n) is 6.45. The summed E-state index contributed by atoms with van der Waals surface area (Å²) in [7, 11) is 1.96. The van der Waals surface area contributed by atoms with Crippen molar-refractivity contribution in [1.82, 2.24) is 9.80 Å². The third kappa shape index (κ3) is 2.05. The Bertz CT molecular complexity index is 319. The number of fused-ring (bicyclic) bond motifs is 1. The van der Waals surface area contributed by atoms with Gasteiger partial charge in [0.15, 0.2) is 12.5 Å². The van der Waals surface area contributed by atoms with Crippen LogP contribution in [0, 0.1) is 0 Å². The Morgan fingerprint density at radius 2 is 2.11 bits per heavy atom. The molecular weight excluding hydrogens is 238 g/mol. The molecule has 6 atom stereocenters. The minimum atomic E-state index is -0.605. The summed E-state index contributed by atoms with van der Waals surface area (Å²) in [6, 6.07) is 0. The topological polar surface area (TPSA) is 94.7 Å². The molecule has 7 nitrogen and oxygen atoms in total. The highest BCUT2D eigenvalue weighted by atomic mass is 16.6. The van der Waals surface area contributed by atoms with E-state index in [0.717, 1.165) is 13.0 Å². The largest absolute Gasteiger partial charge is 0.394 e. The highest BCUT2D eigenvalue weighted by Gasteiger charge is 2.53. The number of hydrogen-bond acceptors (Lipinski definition) is 7. The quantitative estimate of drug-likeness (QED) is 0.497. The molecule has 104 valence electrons. The molecule has 3 fully saturated rings. The van der Waals surface area contributed by atoms with Crippen molar-refractivity contribution in [2.45, 2.75) is 49.9 Å². The molecule has 0 bridgehead atoms. The van der Waals surface area contributed by atoms with E-state index in [1.54, 1.807) is 0 Å². The standard InChI is InChI=1S/C11H21N3O4/c1-13-8(12)2-3-14(11-10(13)18-11)9-4-6(16)7(5-15)17-9/h6-11,15-16H,2-5,12H2,1H3. The van der Waals surface area contributed by atoms with Crippen LogP contribution in [0.3, 0.4) is 0 Å². The second-order valence-corrected chi connectivity index (χ2v) is 5.29. The van der Waals surface area contributed by atoms with Gasteiger partial charge in [-0.15, -0.1) is 0 Å². The Morgan fingerprint density at radius 1 is 1.33 bits per heavy atom. The summed E-state index contributed by atoms with van der Waals surface area (Å²) in [4.78, 5) is 4.13. The maximum atomic E-state index is 9.78. The normalized spacial score (nSPS) is 50.0. The molecule has 3 rings (SSSR count). The van der Waals surface area contributed by atoms with Gasteiger partial charge in [0.2, 0.25) is 0 Å². The van der Waals surface area contributed by atoms with E-state index in [-0.39, 0.29) is 31.5 Å². The molecule has 4 N–H and O–H groups in total. The molecule has 0 aromatic carbocycles. The number of aliphatic hydroxyl groups is 2. The molecule has 0 saturated carbocycles. The number of hydrogen-bond donors (Lipinski definition) is 3. The number of nitrogens with two attached hydrogens (primary N) is 1. The van der Waals surface area contributed by atoms with Crippen molar-refractivity contribution in [1.29, 1.82) is 0 Å². The maximum Gasteiger partial charge on any atom is 0.155 e. The Kier molecular flexibility index (Phi) is 3.31. The number of aliphatic hydroxyl groups excluding tert-OH is 2. The summed E-state index contributed by atoms with van der Waals surface area (Å²) >= 11 is 0. The van der Waals surface area contributed by atoms with E-state index in [9.17, 15) is 5.11 Å². The summed E-state index contributed by atoms with van der Waals surface area (Å²) in [6.45, 7) is 0.627. The lowest BCUT2D eigenvalue weighted by molar-refractivity contribution is -0.0916. The van der Waals surface area contributed by atoms with E-state index in [1.807, 2.05) is 11.9 Å². The van der Waals surface area contributed by atoms with Gasteiger partial charge in [0, 0.05) is 13.0 Å². The molecule has 0 aromatic rings. The van der Waals surface area contributed by atoms with Crippen LogP contribution in [0.1, 0.15) is 12.8 Å². The Labute approximate surface area is 106 Å². The predicted octanol–water partition coefficient (Wildman–Crippen LogP) is -1.94. The van der Waals surface area contributed by atoms with E-state index in [1.165, 1.54) is 0 Å². The Hall–Kier alpha value is -0.280. The van der Waals surface area contributed by atoms with Crippen molar-refractivity contribution < 1.29 is 19.7 Å². The molecule has 0 aromatic heterocycles. The number of epoxide rings is 1. The smallest absolute Gasteiger partial charge is 0.155 e. The second-order valence-electron chi connectivity index (χ2n) is 5.29. The molecule has 7 heteroatoms. The van der Waals surface area contributed by atoms with Gasteiger partial charge in [0.05, 0.1) is 18.9 Å². The molecular formula is C11H21N3O4. The van der Waals surface area contributed by atoms with Crippen molar-refractivity contribution in [3.8, 4) is 0 Å². The summed E-state index contributed by atoms with van der Waals surface area (Å²) < 4.78 is 11.3. The minimum absolute atomic E-state index is 0.00167. The SMILES string of the molecule is CN1C(N)CCN(C2CC(O)C(CO)O2)C2OC21. The molecule has 3 saturated heterocycles. The van der Waals surface area contributed by atoms with Crippen molar-refractivity contribution in [2.75, 3.05) is 20.2 Å². The number of likely N-dealkylation sites (N-methyl/N-ethyl adjacent to an activating group) is 1. The van der Waals surface area contributed by atoms with Crippen molar-refractivity contribution in [3.05, 3.63) is 0 Å². The van der Waals surface area contributed by atoms with E-state index in [4.69, 9.17) is 20.3 Å². The average Bonchev–Trinajstić information content (AvgIpc) is 3.06. The van der Waals surface area contributed by atoms with Gasteiger partial charge in [-0.05, 0) is 13.5 Å². The first kappa shape index (κ1) is 12.7. The van der Waals surface area contributed by atoms with Crippen LogP contribution in [0.15, 0.2) is 0 Å².